The second-order valence-corrected chi connectivity index (χ2v) is 8.19. The molecule has 0 amide bonds. The van der Waals surface area contributed by atoms with Gasteiger partial charge in [0.25, 0.3) is 12.4 Å². The molecule has 36 heavy (non-hydrogen) atoms. The molecular weight excluding hydrogens is 472 g/mol. The first-order valence-corrected chi connectivity index (χ1v) is 11.1. The molecule has 1 fully saturated rings. The number of nitrogens with two attached hydrogens (primary N) is 1. The van der Waals surface area contributed by atoms with E-state index in [2.05, 4.69) is 25.1 Å². The summed E-state index contributed by atoms with van der Waals surface area (Å²) in [4.78, 5) is 29.9. The van der Waals surface area contributed by atoms with Gasteiger partial charge >= 0.3 is 0 Å². The summed E-state index contributed by atoms with van der Waals surface area (Å²) in [6.07, 6.45) is -2.51. The van der Waals surface area contributed by atoms with E-state index in [0.717, 1.165) is 5.56 Å². The van der Waals surface area contributed by atoms with Crippen LogP contribution >= 0.6 is 0 Å². The number of rotatable bonds is 9. The van der Waals surface area contributed by atoms with Gasteiger partial charge in [-0.3, -0.25) is 9.36 Å². The van der Waals surface area contributed by atoms with Crippen molar-refractivity contribution in [2.75, 3.05) is 23.9 Å². The van der Waals surface area contributed by atoms with Crippen LogP contribution in [-0.4, -0.2) is 71.8 Å². The van der Waals surface area contributed by atoms with Crippen LogP contribution in [0.5, 0.6) is 0 Å². The molecule has 0 unspecified atom stereocenters. The van der Waals surface area contributed by atoms with E-state index in [1.807, 2.05) is 30.3 Å². The monoisotopic (exact) mass is 496 g/mol. The number of aryl methyl sites for hydroxylation is 1. The summed E-state index contributed by atoms with van der Waals surface area (Å²) in [7, 11) is 0. The first-order chi connectivity index (χ1) is 17.5. The summed E-state index contributed by atoms with van der Waals surface area (Å²) in [5, 5.41) is 24.7. The molecule has 0 saturated carbocycles. The fourth-order valence-corrected chi connectivity index (χ4v) is 4.12. The summed E-state index contributed by atoms with van der Waals surface area (Å²) in [5.74, 6) is 0.670. The summed E-state index contributed by atoms with van der Waals surface area (Å²) in [6.45, 7) is 1.92. The fourth-order valence-electron chi connectivity index (χ4n) is 4.12. The van der Waals surface area contributed by atoms with E-state index in [1.54, 1.807) is 11.8 Å². The van der Waals surface area contributed by atoms with Gasteiger partial charge in [-0.05, 0) is 18.9 Å². The lowest BCUT2D eigenvalue weighted by molar-refractivity contribution is -0.140. The van der Waals surface area contributed by atoms with E-state index < -0.39 is 24.5 Å². The van der Waals surface area contributed by atoms with E-state index >= 15 is 0 Å². The predicted molar refractivity (Wildman–Crippen MR) is 123 cm³/mol. The van der Waals surface area contributed by atoms with Crippen LogP contribution in [-0.2, 0) is 20.7 Å². The van der Waals surface area contributed by atoms with Crippen LogP contribution in [0, 0.1) is 6.92 Å². The molecule has 14 nitrogen and oxygen atoms in total. The number of imidazole rings is 1. The van der Waals surface area contributed by atoms with Crippen molar-refractivity contribution < 1.29 is 29.0 Å². The highest BCUT2D eigenvalue weighted by Crippen LogP contribution is 2.41. The quantitative estimate of drug-likeness (QED) is 0.212. The Morgan fingerprint density at radius 3 is 2.75 bits per heavy atom. The Bertz CT molecular complexity index is 1350. The minimum atomic E-state index is -1.32. The van der Waals surface area contributed by atoms with Crippen molar-refractivity contribution >= 4 is 29.4 Å². The maximum atomic E-state index is 11.1. The molecule has 0 aliphatic carbocycles. The zero-order valence-corrected chi connectivity index (χ0v) is 19.2. The van der Waals surface area contributed by atoms with Crippen LogP contribution in [0.1, 0.15) is 29.6 Å². The lowest BCUT2D eigenvalue weighted by Gasteiger charge is -2.21. The van der Waals surface area contributed by atoms with E-state index in [1.165, 1.54) is 10.9 Å². The summed E-state index contributed by atoms with van der Waals surface area (Å²) < 4.78 is 17.7. The van der Waals surface area contributed by atoms with Crippen LogP contribution in [0.25, 0.3) is 11.2 Å². The number of nitrogens with zero attached hydrogens (tertiary/aromatic N) is 7. The van der Waals surface area contributed by atoms with Gasteiger partial charge in [0.15, 0.2) is 35.7 Å². The van der Waals surface area contributed by atoms with Crippen molar-refractivity contribution in [1.29, 1.82) is 0 Å². The van der Waals surface area contributed by atoms with Crippen LogP contribution in [0.2, 0.25) is 0 Å². The molecule has 4 heterocycles. The molecule has 0 bridgehead atoms. The van der Waals surface area contributed by atoms with Gasteiger partial charge in [0.1, 0.15) is 18.4 Å². The number of hydrogen-bond donors (Lipinski definition) is 3. The Morgan fingerprint density at radius 2 is 2.06 bits per heavy atom. The third-order valence-corrected chi connectivity index (χ3v) is 5.89. The lowest BCUT2D eigenvalue weighted by atomic mass is 10.1. The molecule has 0 radical (unpaired) electrons. The van der Waals surface area contributed by atoms with Gasteiger partial charge in [-0.25, -0.2) is 4.98 Å². The first-order valence-electron chi connectivity index (χ1n) is 11.1. The largest absolute Gasteiger partial charge is 0.458 e. The van der Waals surface area contributed by atoms with Crippen molar-refractivity contribution in [3.05, 3.63) is 53.9 Å². The second kappa shape index (κ2) is 9.85. The highest BCUT2D eigenvalue weighted by Gasteiger charge is 2.50. The lowest BCUT2D eigenvalue weighted by Crippen LogP contribution is -2.32. The maximum absolute atomic E-state index is 11.1. The Balaban J connectivity index is 1.47. The molecule has 1 saturated heterocycles. The number of anilines is 2. The summed E-state index contributed by atoms with van der Waals surface area (Å²) in [5.41, 5.74) is 7.78. The first kappa shape index (κ1) is 23.6. The van der Waals surface area contributed by atoms with Crippen LogP contribution < -0.4 is 10.6 Å². The van der Waals surface area contributed by atoms with E-state index in [4.69, 9.17) is 19.7 Å². The standard InChI is InChI=1S/C22H24N8O6/c1-12-25-20(36-28-12)17-16(34-11-32)15(33)21(35-17)30-9-24-14-18(23)26-22(27-19(14)30)29(10-31)8-7-13-5-3-2-4-6-13/h2-6,9,11,15-17,21,31,33H,7-8,10H2,1H3,(H2,23,26,27)/t15-,16+,17+,21-/m1/s1. The average molecular weight is 496 g/mol. The van der Waals surface area contributed by atoms with Crippen molar-refractivity contribution in [3.8, 4) is 0 Å². The van der Waals surface area contributed by atoms with E-state index in [9.17, 15) is 15.0 Å². The van der Waals surface area contributed by atoms with Crippen LogP contribution in [0.3, 0.4) is 0 Å². The number of ether oxygens (including phenoxy) is 2. The Hall–Kier alpha value is -4.14. The number of aliphatic hydroxyl groups is 2. The van der Waals surface area contributed by atoms with E-state index in [-0.39, 0.29) is 42.0 Å². The molecule has 1 aliphatic heterocycles. The van der Waals surface area contributed by atoms with Gasteiger partial charge in [-0.2, -0.15) is 15.0 Å². The predicted octanol–water partition coefficient (Wildman–Crippen LogP) is 0.271. The van der Waals surface area contributed by atoms with Crippen LogP contribution in [0.15, 0.2) is 41.2 Å². The molecule has 5 rings (SSSR count). The van der Waals surface area contributed by atoms with Gasteiger partial charge in [-0.15, -0.1) is 0 Å². The molecule has 4 aromatic rings. The second-order valence-electron chi connectivity index (χ2n) is 8.19. The topological polar surface area (TPSA) is 188 Å². The fraction of sp³-hybridized carbons (Fsp3) is 0.364. The number of benzene rings is 1. The number of fused-ring (bicyclic) bond motifs is 1. The van der Waals surface area contributed by atoms with Gasteiger partial charge < -0.3 is 34.8 Å². The number of carbonyl (C=O) groups is 1. The van der Waals surface area contributed by atoms with Gasteiger partial charge in [0.2, 0.25) is 5.95 Å². The van der Waals surface area contributed by atoms with Gasteiger partial charge in [-0.1, -0.05) is 35.5 Å². The zero-order valence-electron chi connectivity index (χ0n) is 19.2. The molecule has 4 atom stereocenters. The van der Waals surface area contributed by atoms with E-state index in [0.29, 0.717) is 18.8 Å². The van der Waals surface area contributed by atoms with Crippen molar-refractivity contribution in [2.45, 2.75) is 37.9 Å². The normalized spacial score (nSPS) is 21.6. The molecule has 1 aliphatic rings. The number of aliphatic hydroxyl groups excluding tert-OH is 2. The van der Waals surface area contributed by atoms with Crippen molar-refractivity contribution in [1.82, 2.24) is 29.7 Å². The third kappa shape index (κ3) is 4.32. The molecule has 14 heteroatoms. The molecule has 188 valence electrons. The smallest absolute Gasteiger partial charge is 0.293 e. The van der Waals surface area contributed by atoms with Crippen LogP contribution in [0.4, 0.5) is 11.8 Å². The molecule has 3 aromatic heterocycles. The molecular formula is C22H24N8O6. The average Bonchev–Trinajstić information content (AvgIpc) is 3.58. The maximum Gasteiger partial charge on any atom is 0.293 e. The number of hydrogen-bond acceptors (Lipinski definition) is 13. The number of aromatic nitrogens is 6. The Labute approximate surface area is 204 Å². The molecule has 0 spiro atoms. The number of nitrogen functional groups attached to an aromatic ring is 1. The third-order valence-electron chi connectivity index (χ3n) is 5.89. The van der Waals surface area contributed by atoms with Gasteiger partial charge in [0.05, 0.1) is 6.33 Å². The minimum absolute atomic E-state index is 0.0486. The van der Waals surface area contributed by atoms with Gasteiger partial charge in [0, 0.05) is 6.54 Å². The Kier molecular flexibility index (Phi) is 6.45. The highest BCUT2D eigenvalue weighted by atomic mass is 16.6. The highest BCUT2D eigenvalue weighted by molar-refractivity contribution is 5.83. The molecule has 1 aromatic carbocycles. The minimum Gasteiger partial charge on any atom is -0.458 e. The van der Waals surface area contributed by atoms with Crippen molar-refractivity contribution in [3.63, 3.8) is 0 Å². The Morgan fingerprint density at radius 1 is 1.25 bits per heavy atom. The zero-order chi connectivity index (χ0) is 25.2. The van der Waals surface area contributed by atoms with Crippen molar-refractivity contribution in [2.24, 2.45) is 0 Å². The SMILES string of the molecule is Cc1noc([C@H]2O[C@@H](n3cnc4c(N)nc(N(CO)CCc5ccccc5)nc43)[C@H](O)[C@@H]2OC=O)n1. The number of carbonyl (C=O) groups excluding carboxylic acids is 1. The molecule has 4 N–H and O–H groups in total. The summed E-state index contributed by atoms with van der Waals surface area (Å²) >= 11 is 0. The summed E-state index contributed by atoms with van der Waals surface area (Å²) in [6, 6.07) is 9.78.